The van der Waals surface area contributed by atoms with Crippen molar-refractivity contribution in [2.75, 3.05) is 33.9 Å². The summed E-state index contributed by atoms with van der Waals surface area (Å²) in [5.41, 5.74) is 0.843. The van der Waals surface area contributed by atoms with Crippen LogP contribution in [0.25, 0.3) is 0 Å². The first kappa shape index (κ1) is 15.0. The monoisotopic (exact) mass is 277 g/mol. The number of ether oxygens (including phenoxy) is 2. The first-order valence-electron chi connectivity index (χ1n) is 7.03. The van der Waals surface area contributed by atoms with E-state index < -0.39 is 0 Å². The Morgan fingerprint density at radius 2 is 2.35 bits per heavy atom. The molecule has 20 heavy (non-hydrogen) atoms. The maximum absolute atomic E-state index is 11.4. The number of carbonyl (C=O) groups is 1. The average molecular weight is 277 g/mol. The van der Waals surface area contributed by atoms with E-state index in [1.807, 2.05) is 25.2 Å². The van der Waals surface area contributed by atoms with E-state index in [2.05, 4.69) is 11.0 Å². The summed E-state index contributed by atoms with van der Waals surface area (Å²) in [6.07, 6.45) is 2.96. The molecule has 110 valence electrons. The molecule has 4 nitrogen and oxygen atoms in total. The average Bonchev–Trinajstić information content (AvgIpc) is 2.48. The van der Waals surface area contributed by atoms with Gasteiger partial charge in [-0.25, -0.2) is 0 Å². The Balaban J connectivity index is 1.96. The maximum atomic E-state index is 11.4. The number of methoxy groups -OCH3 is 1. The van der Waals surface area contributed by atoms with Crippen LogP contribution in [0.15, 0.2) is 24.3 Å². The molecule has 0 radical (unpaired) electrons. The van der Waals surface area contributed by atoms with E-state index >= 15 is 0 Å². The topological polar surface area (TPSA) is 38.8 Å². The van der Waals surface area contributed by atoms with Crippen molar-refractivity contribution >= 4 is 6.29 Å². The molecule has 1 heterocycles. The molecule has 0 N–H and O–H groups in total. The Hall–Kier alpha value is -1.39. The molecular weight excluding hydrogens is 254 g/mol. The molecule has 1 fully saturated rings. The summed E-state index contributed by atoms with van der Waals surface area (Å²) in [6, 6.07) is 8.03. The second kappa shape index (κ2) is 6.86. The van der Waals surface area contributed by atoms with Gasteiger partial charge in [-0.2, -0.15) is 0 Å². The summed E-state index contributed by atoms with van der Waals surface area (Å²) in [5, 5.41) is 0. The fourth-order valence-corrected chi connectivity index (χ4v) is 2.80. The van der Waals surface area contributed by atoms with Crippen molar-refractivity contribution in [3.8, 4) is 5.75 Å². The minimum Gasteiger partial charge on any atom is -0.497 e. The quantitative estimate of drug-likeness (QED) is 0.747. The molecule has 1 aromatic rings. The van der Waals surface area contributed by atoms with Crippen molar-refractivity contribution in [1.82, 2.24) is 4.90 Å². The summed E-state index contributed by atoms with van der Waals surface area (Å²) in [5.74, 6) is 0.863. The number of hydrogen-bond donors (Lipinski definition) is 0. The first-order chi connectivity index (χ1) is 9.67. The summed E-state index contributed by atoms with van der Waals surface area (Å²) in [7, 11) is 3.71. The number of hydrogen-bond acceptors (Lipinski definition) is 4. The molecule has 2 rings (SSSR count). The van der Waals surface area contributed by atoms with Gasteiger partial charge in [0, 0.05) is 19.7 Å². The predicted molar refractivity (Wildman–Crippen MR) is 77.9 cm³/mol. The van der Waals surface area contributed by atoms with Crippen LogP contribution in [0, 0.1) is 5.41 Å². The molecule has 1 aliphatic heterocycles. The minimum absolute atomic E-state index is 0.341. The Labute approximate surface area is 120 Å². The SMILES string of the molecule is COc1cccc(CN(C)CC2(C=O)CCCOC2)c1. The van der Waals surface area contributed by atoms with Gasteiger partial charge in [-0.1, -0.05) is 12.1 Å². The zero-order chi connectivity index (χ0) is 14.4. The summed E-state index contributed by atoms with van der Waals surface area (Å²) in [4.78, 5) is 13.6. The molecule has 1 aliphatic rings. The number of rotatable bonds is 6. The van der Waals surface area contributed by atoms with E-state index in [-0.39, 0.29) is 5.41 Å². The second-order valence-corrected chi connectivity index (χ2v) is 5.66. The molecule has 1 atom stereocenters. The van der Waals surface area contributed by atoms with E-state index in [1.165, 1.54) is 5.56 Å². The van der Waals surface area contributed by atoms with Crippen molar-refractivity contribution < 1.29 is 14.3 Å². The van der Waals surface area contributed by atoms with Crippen LogP contribution in [0.4, 0.5) is 0 Å². The van der Waals surface area contributed by atoms with Crippen molar-refractivity contribution in [1.29, 1.82) is 0 Å². The standard InChI is InChI=1S/C16H23NO3/c1-17(10-14-5-3-6-15(9-14)19-2)11-16(12-18)7-4-8-20-13-16/h3,5-6,9,12H,4,7-8,10-11,13H2,1-2H3. The number of aldehydes is 1. The van der Waals surface area contributed by atoms with Crippen LogP contribution in [0.3, 0.4) is 0 Å². The number of carbonyl (C=O) groups excluding carboxylic acids is 1. The zero-order valence-electron chi connectivity index (χ0n) is 12.3. The van der Waals surface area contributed by atoms with Gasteiger partial charge in [-0.15, -0.1) is 0 Å². The van der Waals surface area contributed by atoms with Crippen LogP contribution in [-0.2, 0) is 16.1 Å². The summed E-state index contributed by atoms with van der Waals surface area (Å²) >= 11 is 0. The van der Waals surface area contributed by atoms with Gasteiger partial charge in [0.05, 0.1) is 19.1 Å². The van der Waals surface area contributed by atoms with Gasteiger partial charge in [0.15, 0.2) is 0 Å². The molecule has 4 heteroatoms. The third kappa shape index (κ3) is 3.81. The van der Waals surface area contributed by atoms with Crippen LogP contribution in [0.5, 0.6) is 5.75 Å². The Kier molecular flexibility index (Phi) is 5.15. The van der Waals surface area contributed by atoms with Crippen LogP contribution in [0.2, 0.25) is 0 Å². The van der Waals surface area contributed by atoms with Crippen molar-refractivity contribution in [3.05, 3.63) is 29.8 Å². The van der Waals surface area contributed by atoms with Crippen molar-refractivity contribution in [2.45, 2.75) is 19.4 Å². The normalized spacial score (nSPS) is 22.8. The Morgan fingerprint density at radius 3 is 3.00 bits per heavy atom. The van der Waals surface area contributed by atoms with Gasteiger partial charge >= 0.3 is 0 Å². The highest BCUT2D eigenvalue weighted by Gasteiger charge is 2.33. The van der Waals surface area contributed by atoms with Crippen molar-refractivity contribution in [2.24, 2.45) is 5.41 Å². The molecule has 0 spiro atoms. The van der Waals surface area contributed by atoms with Crippen LogP contribution < -0.4 is 4.74 Å². The van der Waals surface area contributed by atoms with E-state index in [0.29, 0.717) is 6.61 Å². The lowest BCUT2D eigenvalue weighted by atomic mass is 9.83. The molecule has 1 saturated heterocycles. The van der Waals surface area contributed by atoms with E-state index in [0.717, 1.165) is 44.6 Å². The van der Waals surface area contributed by atoms with Crippen LogP contribution in [0.1, 0.15) is 18.4 Å². The third-order valence-corrected chi connectivity index (χ3v) is 3.77. The lowest BCUT2D eigenvalue weighted by Crippen LogP contribution is -2.42. The van der Waals surface area contributed by atoms with Gasteiger partial charge in [0.1, 0.15) is 12.0 Å². The van der Waals surface area contributed by atoms with Gasteiger partial charge in [0.25, 0.3) is 0 Å². The van der Waals surface area contributed by atoms with E-state index in [9.17, 15) is 4.79 Å². The molecule has 0 aliphatic carbocycles. The van der Waals surface area contributed by atoms with Gasteiger partial charge in [0.2, 0.25) is 0 Å². The smallest absolute Gasteiger partial charge is 0.129 e. The summed E-state index contributed by atoms with van der Waals surface area (Å²) < 4.78 is 10.7. The molecule has 0 bridgehead atoms. The lowest BCUT2D eigenvalue weighted by molar-refractivity contribution is -0.125. The fourth-order valence-electron chi connectivity index (χ4n) is 2.80. The molecular formula is C16H23NO3. The lowest BCUT2D eigenvalue weighted by Gasteiger charge is -2.35. The van der Waals surface area contributed by atoms with E-state index in [1.54, 1.807) is 7.11 Å². The van der Waals surface area contributed by atoms with Gasteiger partial charge in [-0.3, -0.25) is 0 Å². The zero-order valence-corrected chi connectivity index (χ0v) is 12.3. The summed E-state index contributed by atoms with van der Waals surface area (Å²) in [6.45, 7) is 2.84. The maximum Gasteiger partial charge on any atom is 0.129 e. The van der Waals surface area contributed by atoms with Crippen LogP contribution in [-0.4, -0.2) is 45.1 Å². The van der Waals surface area contributed by atoms with E-state index in [4.69, 9.17) is 9.47 Å². The Bertz CT molecular complexity index is 441. The molecule has 0 amide bonds. The largest absolute Gasteiger partial charge is 0.497 e. The number of benzene rings is 1. The van der Waals surface area contributed by atoms with Crippen molar-refractivity contribution in [3.63, 3.8) is 0 Å². The molecule has 0 saturated carbocycles. The molecule has 1 aromatic carbocycles. The number of nitrogens with zero attached hydrogens (tertiary/aromatic N) is 1. The van der Waals surface area contributed by atoms with Crippen LogP contribution >= 0.6 is 0 Å². The second-order valence-electron chi connectivity index (χ2n) is 5.66. The van der Waals surface area contributed by atoms with Gasteiger partial charge in [-0.05, 0) is 37.6 Å². The van der Waals surface area contributed by atoms with Gasteiger partial charge < -0.3 is 19.2 Å². The molecule has 0 aromatic heterocycles. The highest BCUT2D eigenvalue weighted by molar-refractivity contribution is 5.60. The predicted octanol–water partition coefficient (Wildman–Crippen LogP) is 2.12. The third-order valence-electron chi connectivity index (χ3n) is 3.77. The Morgan fingerprint density at radius 1 is 1.50 bits per heavy atom. The fraction of sp³-hybridized carbons (Fsp3) is 0.562. The highest BCUT2D eigenvalue weighted by Crippen LogP contribution is 2.27. The first-order valence-corrected chi connectivity index (χ1v) is 7.03. The molecule has 1 unspecified atom stereocenters. The highest BCUT2D eigenvalue weighted by atomic mass is 16.5. The minimum atomic E-state index is -0.341.